The zero-order chi connectivity index (χ0) is 12.0. The molecule has 1 atom stereocenters. The standard InChI is InChI=1S/C13H25N3/c1-5-11(4)12-9-15-13(16-12)7-6-8-14-10(2)3/h9-11,14H,5-8H2,1-4H3,(H,15,16). The quantitative estimate of drug-likeness (QED) is 0.698. The van der Waals surface area contributed by atoms with Gasteiger partial charge in [0.05, 0.1) is 0 Å². The van der Waals surface area contributed by atoms with Crippen molar-refractivity contribution in [1.29, 1.82) is 0 Å². The van der Waals surface area contributed by atoms with Crippen molar-refractivity contribution >= 4 is 0 Å². The molecule has 0 saturated carbocycles. The van der Waals surface area contributed by atoms with Gasteiger partial charge in [-0.15, -0.1) is 0 Å². The lowest BCUT2D eigenvalue weighted by Crippen LogP contribution is -2.24. The van der Waals surface area contributed by atoms with Gasteiger partial charge in [-0.3, -0.25) is 0 Å². The number of rotatable bonds is 7. The van der Waals surface area contributed by atoms with Crippen LogP contribution in [-0.4, -0.2) is 22.6 Å². The van der Waals surface area contributed by atoms with Crippen molar-refractivity contribution in [1.82, 2.24) is 15.3 Å². The SMILES string of the molecule is CCC(C)c1cnc(CCCNC(C)C)[nH]1. The van der Waals surface area contributed by atoms with Gasteiger partial charge in [0.1, 0.15) is 5.82 Å². The fourth-order valence-electron chi connectivity index (χ4n) is 1.62. The van der Waals surface area contributed by atoms with Crippen LogP contribution in [0.1, 0.15) is 58.0 Å². The van der Waals surface area contributed by atoms with Gasteiger partial charge in [-0.2, -0.15) is 0 Å². The fraction of sp³-hybridized carbons (Fsp3) is 0.769. The van der Waals surface area contributed by atoms with Gasteiger partial charge in [0.25, 0.3) is 0 Å². The van der Waals surface area contributed by atoms with Crippen molar-refractivity contribution in [3.05, 3.63) is 17.7 Å². The summed E-state index contributed by atoms with van der Waals surface area (Å²) in [6.45, 7) is 9.86. The van der Waals surface area contributed by atoms with Gasteiger partial charge in [-0.05, 0) is 25.3 Å². The minimum atomic E-state index is 0.576. The molecule has 0 fully saturated rings. The van der Waals surface area contributed by atoms with Crippen molar-refractivity contribution in [2.24, 2.45) is 0 Å². The Balaban J connectivity index is 2.29. The third kappa shape index (κ3) is 4.35. The summed E-state index contributed by atoms with van der Waals surface area (Å²) < 4.78 is 0. The number of aromatic nitrogens is 2. The van der Waals surface area contributed by atoms with Crippen molar-refractivity contribution in [3.63, 3.8) is 0 Å². The summed E-state index contributed by atoms with van der Waals surface area (Å²) in [5.41, 5.74) is 1.27. The molecule has 1 unspecified atom stereocenters. The van der Waals surface area contributed by atoms with Gasteiger partial charge >= 0.3 is 0 Å². The van der Waals surface area contributed by atoms with E-state index in [9.17, 15) is 0 Å². The lowest BCUT2D eigenvalue weighted by molar-refractivity contribution is 0.566. The summed E-state index contributed by atoms with van der Waals surface area (Å²) in [6.07, 6.45) is 5.33. The van der Waals surface area contributed by atoms with E-state index in [4.69, 9.17) is 0 Å². The van der Waals surface area contributed by atoms with Crippen LogP contribution in [0.4, 0.5) is 0 Å². The molecule has 0 aliphatic carbocycles. The molecule has 3 heteroatoms. The van der Waals surface area contributed by atoms with E-state index in [1.807, 2.05) is 6.20 Å². The first-order valence-electron chi connectivity index (χ1n) is 6.40. The molecule has 0 amide bonds. The lowest BCUT2D eigenvalue weighted by atomic mass is 10.1. The van der Waals surface area contributed by atoms with Gasteiger partial charge in [-0.1, -0.05) is 27.7 Å². The second-order valence-corrected chi connectivity index (χ2v) is 4.81. The average Bonchev–Trinajstić information content (AvgIpc) is 2.71. The predicted octanol–water partition coefficient (Wildman–Crippen LogP) is 2.85. The topological polar surface area (TPSA) is 40.7 Å². The molecule has 0 aliphatic heterocycles. The Morgan fingerprint density at radius 2 is 2.12 bits per heavy atom. The Labute approximate surface area is 99.1 Å². The van der Waals surface area contributed by atoms with Gasteiger partial charge in [-0.25, -0.2) is 4.98 Å². The van der Waals surface area contributed by atoms with Crippen LogP contribution in [0.3, 0.4) is 0 Å². The van der Waals surface area contributed by atoms with E-state index in [2.05, 4.69) is 43.0 Å². The minimum absolute atomic E-state index is 0.576. The molecule has 1 aromatic heterocycles. The Hall–Kier alpha value is -0.830. The number of hydrogen-bond donors (Lipinski definition) is 2. The third-order valence-electron chi connectivity index (χ3n) is 2.93. The predicted molar refractivity (Wildman–Crippen MR) is 68.8 cm³/mol. The number of H-pyrrole nitrogens is 1. The molecule has 3 nitrogen and oxygen atoms in total. The Morgan fingerprint density at radius 3 is 2.75 bits per heavy atom. The van der Waals surface area contributed by atoms with Crippen LogP contribution < -0.4 is 5.32 Å². The van der Waals surface area contributed by atoms with E-state index in [1.54, 1.807) is 0 Å². The maximum atomic E-state index is 4.42. The van der Waals surface area contributed by atoms with E-state index in [0.29, 0.717) is 12.0 Å². The van der Waals surface area contributed by atoms with E-state index >= 15 is 0 Å². The third-order valence-corrected chi connectivity index (χ3v) is 2.93. The van der Waals surface area contributed by atoms with Crippen LogP contribution in [0.2, 0.25) is 0 Å². The molecule has 0 radical (unpaired) electrons. The zero-order valence-electron chi connectivity index (χ0n) is 11.0. The van der Waals surface area contributed by atoms with Gasteiger partial charge < -0.3 is 10.3 Å². The molecule has 0 bridgehead atoms. The lowest BCUT2D eigenvalue weighted by Gasteiger charge is -2.06. The summed E-state index contributed by atoms with van der Waals surface area (Å²) >= 11 is 0. The summed E-state index contributed by atoms with van der Waals surface area (Å²) in [7, 11) is 0. The Kier molecular flexibility index (Phi) is 5.53. The van der Waals surface area contributed by atoms with E-state index in [1.165, 1.54) is 5.69 Å². The molecule has 1 heterocycles. The van der Waals surface area contributed by atoms with E-state index in [0.717, 1.165) is 31.6 Å². The smallest absolute Gasteiger partial charge is 0.106 e. The van der Waals surface area contributed by atoms with Crippen LogP contribution in [-0.2, 0) is 6.42 Å². The molecular weight excluding hydrogens is 198 g/mol. The average molecular weight is 223 g/mol. The molecule has 0 saturated heterocycles. The van der Waals surface area contributed by atoms with Crippen molar-refractivity contribution in [3.8, 4) is 0 Å². The number of nitrogens with zero attached hydrogens (tertiary/aromatic N) is 1. The number of nitrogens with one attached hydrogen (secondary N) is 2. The molecule has 1 aromatic rings. The highest BCUT2D eigenvalue weighted by Gasteiger charge is 2.06. The Morgan fingerprint density at radius 1 is 1.38 bits per heavy atom. The van der Waals surface area contributed by atoms with Crippen molar-refractivity contribution in [2.75, 3.05) is 6.54 Å². The van der Waals surface area contributed by atoms with Crippen LogP contribution in [0.25, 0.3) is 0 Å². The zero-order valence-corrected chi connectivity index (χ0v) is 11.0. The maximum Gasteiger partial charge on any atom is 0.106 e. The van der Waals surface area contributed by atoms with Crippen molar-refractivity contribution in [2.45, 2.75) is 58.9 Å². The molecular formula is C13H25N3. The molecule has 0 aliphatic rings. The number of imidazole rings is 1. The molecule has 0 aromatic carbocycles. The molecule has 0 spiro atoms. The maximum absolute atomic E-state index is 4.42. The highest BCUT2D eigenvalue weighted by atomic mass is 14.9. The van der Waals surface area contributed by atoms with Crippen LogP contribution in [0, 0.1) is 0 Å². The number of aryl methyl sites for hydroxylation is 1. The minimum Gasteiger partial charge on any atom is -0.346 e. The number of aromatic amines is 1. The first-order chi connectivity index (χ1) is 7.63. The number of hydrogen-bond acceptors (Lipinski definition) is 2. The first kappa shape index (κ1) is 13.2. The normalized spacial score (nSPS) is 13.3. The summed E-state index contributed by atoms with van der Waals surface area (Å²) in [4.78, 5) is 7.83. The first-order valence-corrected chi connectivity index (χ1v) is 6.40. The second kappa shape index (κ2) is 6.69. The summed E-state index contributed by atoms with van der Waals surface area (Å²) in [5.74, 6) is 1.72. The summed E-state index contributed by atoms with van der Waals surface area (Å²) in [5, 5.41) is 3.41. The summed E-state index contributed by atoms with van der Waals surface area (Å²) in [6, 6.07) is 0.576. The Bertz CT molecular complexity index is 291. The van der Waals surface area contributed by atoms with E-state index in [-0.39, 0.29) is 0 Å². The van der Waals surface area contributed by atoms with Gasteiger partial charge in [0.15, 0.2) is 0 Å². The molecule has 16 heavy (non-hydrogen) atoms. The fourth-order valence-corrected chi connectivity index (χ4v) is 1.62. The second-order valence-electron chi connectivity index (χ2n) is 4.81. The largest absolute Gasteiger partial charge is 0.346 e. The van der Waals surface area contributed by atoms with Crippen molar-refractivity contribution < 1.29 is 0 Å². The molecule has 92 valence electrons. The van der Waals surface area contributed by atoms with Crippen LogP contribution >= 0.6 is 0 Å². The van der Waals surface area contributed by atoms with E-state index < -0.39 is 0 Å². The van der Waals surface area contributed by atoms with Crippen LogP contribution in [0.5, 0.6) is 0 Å². The highest BCUT2D eigenvalue weighted by molar-refractivity contribution is 5.06. The highest BCUT2D eigenvalue weighted by Crippen LogP contribution is 2.16. The van der Waals surface area contributed by atoms with Gasteiger partial charge in [0, 0.05) is 24.4 Å². The van der Waals surface area contributed by atoms with Gasteiger partial charge in [0.2, 0.25) is 0 Å². The monoisotopic (exact) mass is 223 g/mol. The molecule has 2 N–H and O–H groups in total. The van der Waals surface area contributed by atoms with Crippen LogP contribution in [0.15, 0.2) is 6.20 Å². The molecule has 1 rings (SSSR count).